The second-order valence-corrected chi connectivity index (χ2v) is 8.78. The van der Waals surface area contributed by atoms with E-state index in [9.17, 15) is 13.6 Å². The van der Waals surface area contributed by atoms with Crippen molar-refractivity contribution in [2.24, 2.45) is 23.5 Å². The maximum atomic E-state index is 14.4. The van der Waals surface area contributed by atoms with E-state index in [0.717, 1.165) is 24.7 Å². The van der Waals surface area contributed by atoms with Crippen LogP contribution in [0.1, 0.15) is 92.6 Å². The summed E-state index contributed by atoms with van der Waals surface area (Å²) >= 11 is 0. The van der Waals surface area contributed by atoms with Crippen LogP contribution in [0.4, 0.5) is 8.78 Å². The summed E-state index contributed by atoms with van der Waals surface area (Å²) in [5.41, 5.74) is 5.76. The van der Waals surface area contributed by atoms with Crippen molar-refractivity contribution >= 4 is 5.91 Å². The van der Waals surface area contributed by atoms with E-state index < -0.39 is 23.1 Å². The molecule has 3 rings (SSSR count). The van der Waals surface area contributed by atoms with Gasteiger partial charge in [0.15, 0.2) is 0 Å². The number of nitrogens with two attached hydrogens (primary N) is 1. The van der Waals surface area contributed by atoms with Crippen molar-refractivity contribution in [3.8, 4) is 0 Å². The fraction of sp³-hybridized carbons (Fsp3) is 0.696. The van der Waals surface area contributed by atoms with E-state index in [1.165, 1.54) is 57.4 Å². The van der Waals surface area contributed by atoms with Crippen LogP contribution in [0, 0.1) is 29.4 Å². The number of carbonyl (C=O) groups excluding carboxylic acids is 1. The second-order valence-electron chi connectivity index (χ2n) is 8.78. The summed E-state index contributed by atoms with van der Waals surface area (Å²) in [5.74, 6) is -0.364. The average Bonchev–Trinajstić information content (AvgIpc) is 3.03. The predicted molar refractivity (Wildman–Crippen MR) is 105 cm³/mol. The standard InChI is InChI=1S/C23H33F2NO/c1-2-5-15-8-10-16(11-9-15)6-3-4-7-17-12-18-14-20(24)21(23(26)27)22(25)19(18)13-17/h14-17H,2-13H2,1H3,(H2,26,27). The van der Waals surface area contributed by atoms with Gasteiger partial charge in [-0.05, 0) is 54.2 Å². The summed E-state index contributed by atoms with van der Waals surface area (Å²) < 4.78 is 28.4. The monoisotopic (exact) mass is 377 g/mol. The molecule has 1 fully saturated rings. The molecule has 1 saturated carbocycles. The van der Waals surface area contributed by atoms with E-state index in [2.05, 4.69) is 6.92 Å². The van der Waals surface area contributed by atoms with Gasteiger partial charge in [-0.1, -0.05) is 64.7 Å². The molecule has 0 bridgehead atoms. The number of halogens is 2. The van der Waals surface area contributed by atoms with Gasteiger partial charge < -0.3 is 5.73 Å². The topological polar surface area (TPSA) is 43.1 Å². The Bertz CT molecular complexity index is 665. The molecule has 1 amide bonds. The molecule has 1 aromatic rings. The molecule has 4 heteroatoms. The fourth-order valence-electron chi connectivity index (χ4n) is 5.30. The van der Waals surface area contributed by atoms with E-state index in [1.807, 2.05) is 0 Å². The Morgan fingerprint density at radius 1 is 1.00 bits per heavy atom. The molecule has 0 saturated heterocycles. The third-order valence-electron chi connectivity index (χ3n) is 6.80. The number of hydrogen-bond acceptors (Lipinski definition) is 1. The lowest BCUT2D eigenvalue weighted by Crippen LogP contribution is -2.17. The zero-order valence-corrected chi connectivity index (χ0v) is 16.5. The first kappa shape index (κ1) is 20.3. The Hall–Kier alpha value is -1.45. The molecule has 27 heavy (non-hydrogen) atoms. The maximum absolute atomic E-state index is 14.4. The summed E-state index contributed by atoms with van der Waals surface area (Å²) in [6.45, 7) is 2.28. The highest BCUT2D eigenvalue weighted by molar-refractivity contribution is 5.93. The number of fused-ring (bicyclic) bond motifs is 1. The SMILES string of the molecule is CCCC1CCC(CCCCC2Cc3cc(F)c(C(N)=O)c(F)c3C2)CC1. The van der Waals surface area contributed by atoms with Crippen molar-refractivity contribution in [2.75, 3.05) is 0 Å². The Labute approximate surface area is 161 Å². The highest BCUT2D eigenvalue weighted by Gasteiger charge is 2.29. The van der Waals surface area contributed by atoms with Crippen LogP contribution in [0.3, 0.4) is 0 Å². The lowest BCUT2D eigenvalue weighted by atomic mass is 9.78. The molecule has 0 heterocycles. The highest BCUT2D eigenvalue weighted by Crippen LogP contribution is 2.36. The van der Waals surface area contributed by atoms with Crippen molar-refractivity contribution in [3.05, 3.63) is 34.4 Å². The van der Waals surface area contributed by atoms with Crippen LogP contribution < -0.4 is 5.73 Å². The molecular formula is C23H33F2NO. The number of amides is 1. The van der Waals surface area contributed by atoms with Crippen LogP contribution >= 0.6 is 0 Å². The van der Waals surface area contributed by atoms with Crippen molar-refractivity contribution in [1.82, 2.24) is 0 Å². The van der Waals surface area contributed by atoms with Crippen LogP contribution in [-0.2, 0) is 12.8 Å². The first-order chi connectivity index (χ1) is 13.0. The van der Waals surface area contributed by atoms with E-state index >= 15 is 0 Å². The number of carbonyl (C=O) groups is 1. The number of unbranched alkanes of at least 4 members (excludes halogenated alkanes) is 1. The average molecular weight is 378 g/mol. The zero-order valence-electron chi connectivity index (χ0n) is 16.5. The van der Waals surface area contributed by atoms with Gasteiger partial charge in [0.2, 0.25) is 0 Å². The van der Waals surface area contributed by atoms with Crippen LogP contribution in [0.15, 0.2) is 6.07 Å². The molecule has 0 radical (unpaired) electrons. The highest BCUT2D eigenvalue weighted by atomic mass is 19.1. The summed E-state index contributed by atoms with van der Waals surface area (Å²) in [4.78, 5) is 11.3. The van der Waals surface area contributed by atoms with E-state index in [-0.39, 0.29) is 0 Å². The van der Waals surface area contributed by atoms with Gasteiger partial charge in [0.1, 0.15) is 17.2 Å². The minimum atomic E-state index is -1.02. The van der Waals surface area contributed by atoms with Crippen LogP contribution in [0.2, 0.25) is 0 Å². The molecule has 2 aliphatic carbocycles. The predicted octanol–water partition coefficient (Wildman–Crippen LogP) is 5.95. The van der Waals surface area contributed by atoms with Gasteiger partial charge in [-0.25, -0.2) is 8.78 Å². The smallest absolute Gasteiger partial charge is 0.254 e. The lowest BCUT2D eigenvalue weighted by molar-refractivity contribution is 0.0992. The van der Waals surface area contributed by atoms with Gasteiger partial charge in [0.25, 0.3) is 5.91 Å². The quantitative estimate of drug-likeness (QED) is 0.559. The van der Waals surface area contributed by atoms with Crippen molar-refractivity contribution in [3.63, 3.8) is 0 Å². The fourth-order valence-corrected chi connectivity index (χ4v) is 5.30. The summed E-state index contributed by atoms with van der Waals surface area (Å²) in [7, 11) is 0. The summed E-state index contributed by atoms with van der Waals surface area (Å²) in [6, 6.07) is 1.31. The number of primary amides is 1. The van der Waals surface area contributed by atoms with E-state index in [0.29, 0.717) is 29.9 Å². The Morgan fingerprint density at radius 3 is 2.19 bits per heavy atom. The molecule has 2 N–H and O–H groups in total. The normalized spacial score (nSPS) is 24.8. The number of benzene rings is 1. The van der Waals surface area contributed by atoms with Gasteiger partial charge in [-0.2, -0.15) is 0 Å². The lowest BCUT2D eigenvalue weighted by Gasteiger charge is -2.28. The summed E-state index contributed by atoms with van der Waals surface area (Å²) in [5, 5.41) is 0. The van der Waals surface area contributed by atoms with E-state index in [1.54, 1.807) is 0 Å². The second kappa shape index (κ2) is 9.16. The summed E-state index contributed by atoms with van der Waals surface area (Å²) in [6.07, 6.45) is 14.4. The Kier molecular flexibility index (Phi) is 6.88. The Morgan fingerprint density at radius 2 is 1.59 bits per heavy atom. The molecule has 150 valence electrons. The zero-order chi connectivity index (χ0) is 19.4. The van der Waals surface area contributed by atoms with Crippen LogP contribution in [0.5, 0.6) is 0 Å². The molecule has 1 atom stereocenters. The van der Waals surface area contributed by atoms with Gasteiger partial charge in [-0.15, -0.1) is 0 Å². The van der Waals surface area contributed by atoms with Crippen molar-refractivity contribution in [2.45, 2.75) is 84.0 Å². The Balaban J connectivity index is 1.42. The molecule has 2 aliphatic rings. The van der Waals surface area contributed by atoms with Crippen molar-refractivity contribution < 1.29 is 13.6 Å². The minimum absolute atomic E-state index is 0.359. The number of rotatable bonds is 8. The third kappa shape index (κ3) is 4.89. The first-order valence-corrected chi connectivity index (χ1v) is 10.8. The largest absolute Gasteiger partial charge is 0.365 e. The molecule has 0 aromatic heterocycles. The van der Waals surface area contributed by atoms with Gasteiger partial charge in [-0.3, -0.25) is 4.79 Å². The van der Waals surface area contributed by atoms with Gasteiger partial charge in [0, 0.05) is 0 Å². The molecular weight excluding hydrogens is 344 g/mol. The molecule has 0 spiro atoms. The van der Waals surface area contributed by atoms with Crippen LogP contribution in [-0.4, -0.2) is 5.91 Å². The molecule has 0 aliphatic heterocycles. The van der Waals surface area contributed by atoms with E-state index in [4.69, 9.17) is 5.73 Å². The molecule has 2 nitrogen and oxygen atoms in total. The van der Waals surface area contributed by atoms with Crippen molar-refractivity contribution in [1.29, 1.82) is 0 Å². The van der Waals surface area contributed by atoms with Gasteiger partial charge >= 0.3 is 0 Å². The first-order valence-electron chi connectivity index (χ1n) is 10.8. The minimum Gasteiger partial charge on any atom is -0.365 e. The third-order valence-corrected chi connectivity index (χ3v) is 6.80. The molecule has 1 aromatic carbocycles. The molecule has 1 unspecified atom stereocenters. The number of hydrogen-bond donors (Lipinski definition) is 1. The van der Waals surface area contributed by atoms with Crippen LogP contribution in [0.25, 0.3) is 0 Å². The maximum Gasteiger partial charge on any atom is 0.254 e. The van der Waals surface area contributed by atoms with Gasteiger partial charge in [0.05, 0.1) is 0 Å².